The SMILES string of the molecule is COc1c2c(cc3occ(-c4ccc(O[C@H]5O[C@@H](CO[C@@H]6O[C@@H](C)[C@H](O)[C@@H](O)[C@H]6O)[C@H](O)[C@@H](O)[C@@H]5O[C@H]5O[C@@H](CO)[C@H](O)[C@@H](O)[C@@H]5O)cc4)c(=O)c13)OCO2. The molecule has 0 radical (unpaired) electrons. The van der Waals surface area contributed by atoms with Gasteiger partial charge in [-0.1, -0.05) is 12.1 Å². The highest BCUT2D eigenvalue weighted by atomic mass is 16.8. The van der Waals surface area contributed by atoms with Crippen LogP contribution in [0.4, 0.5) is 0 Å². The molecule has 0 unspecified atom stereocenters. The van der Waals surface area contributed by atoms with Crippen molar-refractivity contribution >= 4 is 11.0 Å². The van der Waals surface area contributed by atoms with Gasteiger partial charge in [0.05, 0.1) is 32.0 Å². The third-order valence-electron chi connectivity index (χ3n) is 10.00. The topological polar surface area (TPSA) is 295 Å². The molecule has 5 heterocycles. The van der Waals surface area contributed by atoms with Gasteiger partial charge in [0.2, 0.25) is 24.3 Å². The van der Waals surface area contributed by atoms with E-state index in [4.69, 9.17) is 47.0 Å². The molecule has 2 aromatic carbocycles. The molecule has 0 bridgehead atoms. The summed E-state index contributed by atoms with van der Waals surface area (Å²) < 4.78 is 56.5. The van der Waals surface area contributed by atoms with Gasteiger partial charge < -0.3 is 93.0 Å². The Morgan fingerprint density at radius 3 is 2.15 bits per heavy atom. The Bertz CT molecular complexity index is 1850. The second kappa shape index (κ2) is 16.0. The van der Waals surface area contributed by atoms with Crippen LogP contribution in [0.15, 0.2) is 45.8 Å². The molecule has 9 N–H and O–H groups in total. The Kier molecular flexibility index (Phi) is 11.5. The summed E-state index contributed by atoms with van der Waals surface area (Å²) >= 11 is 0. The first-order chi connectivity index (χ1) is 26.3. The molecule has 3 aromatic rings. The maximum Gasteiger partial charge on any atom is 0.231 e. The molecule has 7 rings (SSSR count). The van der Waals surface area contributed by atoms with Gasteiger partial charge in [-0.05, 0) is 24.6 Å². The summed E-state index contributed by atoms with van der Waals surface area (Å²) in [7, 11) is 1.38. The smallest absolute Gasteiger partial charge is 0.231 e. The second-order valence-electron chi connectivity index (χ2n) is 13.5. The van der Waals surface area contributed by atoms with Crippen LogP contribution in [0.3, 0.4) is 0 Å². The number of ether oxygens (including phenoxy) is 9. The lowest BCUT2D eigenvalue weighted by molar-refractivity contribution is -0.362. The predicted octanol–water partition coefficient (Wildman–Crippen LogP) is -2.95. The molecule has 55 heavy (non-hydrogen) atoms. The van der Waals surface area contributed by atoms with Crippen molar-refractivity contribution < 1.29 is 93.0 Å². The standard InChI is InChI=1S/C35H42O20/c1-12-21(37)25(41)28(44)33(51-12)48-10-19-24(40)27(43)32(55-34-29(45)26(42)23(39)18(8-36)53-34)35(54-19)52-14-5-3-13(4-6-14)15-9-47-16-7-17-30(50-11-49-17)31(46-2)20(16)22(15)38/h3-7,9,12,18-19,21,23-29,32-37,39-45H,8,10-11H2,1-2H3/t12-,18-,19-,21-,23-,24-,25+,26+,27+,28+,29-,32-,33+,34+,35-/m0/s1. The van der Waals surface area contributed by atoms with E-state index < -0.39 is 111 Å². The van der Waals surface area contributed by atoms with Gasteiger partial charge in [0, 0.05) is 6.07 Å². The number of aliphatic hydroxyl groups is 9. The van der Waals surface area contributed by atoms with Crippen molar-refractivity contribution in [1.82, 2.24) is 0 Å². The molecule has 20 heteroatoms. The summed E-state index contributed by atoms with van der Waals surface area (Å²) in [5.74, 6) is 0.857. The zero-order valence-corrected chi connectivity index (χ0v) is 29.3. The first-order valence-corrected chi connectivity index (χ1v) is 17.3. The van der Waals surface area contributed by atoms with Gasteiger partial charge in [0.1, 0.15) is 84.0 Å². The third-order valence-corrected chi connectivity index (χ3v) is 10.00. The summed E-state index contributed by atoms with van der Waals surface area (Å²) in [6, 6.07) is 7.48. The molecule has 15 atom stereocenters. The first-order valence-electron chi connectivity index (χ1n) is 17.3. The van der Waals surface area contributed by atoms with Crippen LogP contribution in [0.25, 0.3) is 22.1 Å². The van der Waals surface area contributed by atoms with Crippen LogP contribution in [0.1, 0.15) is 6.92 Å². The summed E-state index contributed by atoms with van der Waals surface area (Å²) in [5, 5.41) is 94.0. The second-order valence-corrected chi connectivity index (χ2v) is 13.5. The van der Waals surface area contributed by atoms with E-state index in [1.165, 1.54) is 50.6 Å². The fourth-order valence-corrected chi connectivity index (χ4v) is 6.81. The highest BCUT2D eigenvalue weighted by molar-refractivity contribution is 5.91. The number of fused-ring (bicyclic) bond motifs is 2. The number of benzene rings is 2. The molecule has 0 saturated carbocycles. The van der Waals surface area contributed by atoms with Gasteiger partial charge in [0.25, 0.3) is 0 Å². The molecule has 4 aliphatic heterocycles. The number of hydrogen-bond donors (Lipinski definition) is 9. The fraction of sp³-hybridized carbons (Fsp3) is 0.571. The van der Waals surface area contributed by atoms with E-state index in [1.807, 2.05) is 0 Å². The molecular weight excluding hydrogens is 740 g/mol. The minimum atomic E-state index is -1.88. The zero-order chi connectivity index (χ0) is 39.3. The van der Waals surface area contributed by atoms with Gasteiger partial charge >= 0.3 is 0 Å². The quantitative estimate of drug-likeness (QED) is 0.0993. The normalized spacial score (nSPS) is 37.5. The molecular formula is C35H42O20. The van der Waals surface area contributed by atoms with E-state index in [9.17, 15) is 50.8 Å². The molecule has 3 fully saturated rings. The molecule has 0 aliphatic carbocycles. The van der Waals surface area contributed by atoms with Crippen LogP contribution in [-0.4, -0.2) is 165 Å². The average Bonchev–Trinajstić information content (AvgIpc) is 3.66. The Balaban J connectivity index is 1.14. The minimum absolute atomic E-state index is 0.0557. The Hall–Kier alpha value is -3.71. The Labute approximate surface area is 311 Å². The van der Waals surface area contributed by atoms with Crippen LogP contribution in [0.5, 0.6) is 23.0 Å². The van der Waals surface area contributed by atoms with Gasteiger partial charge in [0.15, 0.2) is 30.2 Å². The van der Waals surface area contributed by atoms with Gasteiger partial charge in [-0.25, -0.2) is 0 Å². The summed E-state index contributed by atoms with van der Waals surface area (Å²) in [6.45, 7) is 0.0681. The zero-order valence-electron chi connectivity index (χ0n) is 29.3. The molecule has 0 amide bonds. The highest BCUT2D eigenvalue weighted by Crippen LogP contribution is 2.45. The minimum Gasteiger partial charge on any atom is -0.492 e. The lowest BCUT2D eigenvalue weighted by atomic mass is 9.97. The van der Waals surface area contributed by atoms with Crippen LogP contribution in [-0.2, 0) is 23.7 Å². The maximum atomic E-state index is 13.7. The van der Waals surface area contributed by atoms with Crippen molar-refractivity contribution in [1.29, 1.82) is 0 Å². The van der Waals surface area contributed by atoms with Crippen molar-refractivity contribution in [3.8, 4) is 34.1 Å². The lowest BCUT2D eigenvalue weighted by Gasteiger charge is -2.46. The predicted molar refractivity (Wildman–Crippen MR) is 179 cm³/mol. The Morgan fingerprint density at radius 2 is 1.44 bits per heavy atom. The number of hydrogen-bond acceptors (Lipinski definition) is 20. The van der Waals surface area contributed by atoms with Gasteiger partial charge in [-0.2, -0.15) is 0 Å². The van der Waals surface area contributed by atoms with Gasteiger partial charge in [-0.15, -0.1) is 0 Å². The van der Waals surface area contributed by atoms with E-state index in [0.29, 0.717) is 11.3 Å². The van der Waals surface area contributed by atoms with Gasteiger partial charge in [-0.3, -0.25) is 4.79 Å². The van der Waals surface area contributed by atoms with E-state index in [0.717, 1.165) is 0 Å². The first kappa shape index (κ1) is 39.5. The van der Waals surface area contributed by atoms with Crippen molar-refractivity contribution in [2.45, 2.75) is 99.0 Å². The molecule has 4 aliphatic rings. The van der Waals surface area contributed by atoms with Crippen molar-refractivity contribution in [3.05, 3.63) is 46.8 Å². The molecule has 1 aromatic heterocycles. The van der Waals surface area contributed by atoms with E-state index in [2.05, 4.69) is 0 Å². The number of methoxy groups -OCH3 is 1. The maximum absolute atomic E-state index is 13.7. The summed E-state index contributed by atoms with van der Waals surface area (Å²) in [4.78, 5) is 13.7. The molecule has 3 saturated heterocycles. The third kappa shape index (κ3) is 7.35. The van der Waals surface area contributed by atoms with Crippen LogP contribution < -0.4 is 24.4 Å². The largest absolute Gasteiger partial charge is 0.492 e. The lowest BCUT2D eigenvalue weighted by Crippen LogP contribution is -2.65. The Morgan fingerprint density at radius 1 is 0.764 bits per heavy atom. The van der Waals surface area contributed by atoms with Crippen molar-refractivity contribution in [2.24, 2.45) is 0 Å². The van der Waals surface area contributed by atoms with Crippen LogP contribution in [0.2, 0.25) is 0 Å². The number of rotatable bonds is 10. The highest BCUT2D eigenvalue weighted by Gasteiger charge is 2.52. The average molecular weight is 783 g/mol. The van der Waals surface area contributed by atoms with Crippen molar-refractivity contribution in [2.75, 3.05) is 27.1 Å². The fourth-order valence-electron chi connectivity index (χ4n) is 6.81. The van der Waals surface area contributed by atoms with Crippen LogP contribution in [0, 0.1) is 0 Å². The van der Waals surface area contributed by atoms with E-state index in [-0.39, 0.29) is 40.6 Å². The van der Waals surface area contributed by atoms with E-state index >= 15 is 0 Å². The van der Waals surface area contributed by atoms with Crippen molar-refractivity contribution in [3.63, 3.8) is 0 Å². The summed E-state index contributed by atoms with van der Waals surface area (Å²) in [6.07, 6.45) is -22.7. The summed E-state index contributed by atoms with van der Waals surface area (Å²) in [5.41, 5.74) is 0.332. The molecule has 0 spiro atoms. The molecule has 302 valence electrons. The van der Waals surface area contributed by atoms with Crippen LogP contribution >= 0.6 is 0 Å². The monoisotopic (exact) mass is 782 g/mol. The number of aliphatic hydroxyl groups excluding tert-OH is 9. The van der Waals surface area contributed by atoms with E-state index in [1.54, 1.807) is 0 Å². The molecule has 20 nitrogen and oxygen atoms in total.